The Balaban J connectivity index is 1.15. The fourth-order valence-corrected chi connectivity index (χ4v) is 6.14. The maximum Gasteiger partial charge on any atom is 0.225 e. The van der Waals surface area contributed by atoms with Crippen LogP contribution < -0.4 is 4.90 Å². The molecule has 4 heterocycles. The van der Waals surface area contributed by atoms with E-state index in [1.54, 1.807) is 12.4 Å². The van der Waals surface area contributed by atoms with Crippen LogP contribution in [0, 0.1) is 5.41 Å². The van der Waals surface area contributed by atoms with Crippen LogP contribution in [0.5, 0.6) is 0 Å². The van der Waals surface area contributed by atoms with Crippen molar-refractivity contribution in [3.05, 3.63) is 58.9 Å². The van der Waals surface area contributed by atoms with E-state index in [9.17, 15) is 4.39 Å². The van der Waals surface area contributed by atoms with Gasteiger partial charge in [-0.1, -0.05) is 11.6 Å². The highest BCUT2D eigenvalue weighted by atomic mass is 35.5. The first kappa shape index (κ1) is 19.9. The van der Waals surface area contributed by atoms with Gasteiger partial charge in [-0.3, -0.25) is 9.47 Å². The average Bonchev–Trinajstić information content (AvgIpc) is 3.37. The lowest BCUT2D eigenvalue weighted by Gasteiger charge is -2.58. The van der Waals surface area contributed by atoms with E-state index < -0.39 is 5.67 Å². The number of nitrogens with zero attached hydrogens (tertiary/aromatic N) is 7. The van der Waals surface area contributed by atoms with Crippen LogP contribution in [0.1, 0.15) is 48.8 Å². The lowest BCUT2D eigenvalue weighted by molar-refractivity contribution is 0.0574. The molecule has 2 aliphatic heterocycles. The van der Waals surface area contributed by atoms with Gasteiger partial charge in [-0.05, 0) is 55.5 Å². The summed E-state index contributed by atoms with van der Waals surface area (Å²) >= 11 is 6.34. The molecule has 1 saturated heterocycles. The smallest absolute Gasteiger partial charge is 0.225 e. The minimum Gasteiger partial charge on any atom is -0.340 e. The third-order valence-corrected chi connectivity index (χ3v) is 7.94. The minimum absolute atomic E-state index is 0.322. The van der Waals surface area contributed by atoms with E-state index >= 15 is 0 Å². The van der Waals surface area contributed by atoms with Crippen LogP contribution in [0.15, 0.2) is 36.7 Å². The molecule has 33 heavy (non-hydrogen) atoms. The second kappa shape index (κ2) is 6.96. The number of halogens is 2. The fraction of sp³-hybridized carbons (Fsp3) is 0.500. The summed E-state index contributed by atoms with van der Waals surface area (Å²) in [6.45, 7) is 3.69. The zero-order chi connectivity index (χ0) is 22.2. The molecule has 2 saturated carbocycles. The predicted octanol–water partition coefficient (Wildman–Crippen LogP) is 3.91. The first-order valence-electron chi connectivity index (χ1n) is 11.7. The van der Waals surface area contributed by atoms with Crippen LogP contribution in [-0.4, -0.2) is 54.9 Å². The number of fused-ring (bicyclic) bond motifs is 3. The van der Waals surface area contributed by atoms with E-state index in [0.717, 1.165) is 54.8 Å². The van der Waals surface area contributed by atoms with Gasteiger partial charge in [0.2, 0.25) is 5.95 Å². The molecule has 2 aromatic heterocycles. The number of hydrogen-bond acceptors (Lipinski definition) is 6. The van der Waals surface area contributed by atoms with Crippen molar-refractivity contribution in [1.29, 1.82) is 0 Å². The summed E-state index contributed by atoms with van der Waals surface area (Å²) in [6, 6.07) is 7.84. The first-order valence-corrected chi connectivity index (χ1v) is 12.0. The molecular weight excluding hydrogens is 441 g/mol. The summed E-state index contributed by atoms with van der Waals surface area (Å²) in [5, 5.41) is 9.94. The van der Waals surface area contributed by atoms with Crippen LogP contribution in [0.4, 0.5) is 10.3 Å². The first-order chi connectivity index (χ1) is 16.0. The summed E-state index contributed by atoms with van der Waals surface area (Å²) in [7, 11) is 0. The van der Waals surface area contributed by atoms with Crippen molar-refractivity contribution < 1.29 is 4.39 Å². The number of rotatable bonds is 4. The molecule has 3 fully saturated rings. The summed E-state index contributed by atoms with van der Waals surface area (Å²) in [5.74, 6) is 3.10. The van der Waals surface area contributed by atoms with Gasteiger partial charge in [-0.2, -0.15) is 0 Å². The van der Waals surface area contributed by atoms with E-state index in [0.29, 0.717) is 48.8 Å². The van der Waals surface area contributed by atoms with Crippen LogP contribution >= 0.6 is 11.6 Å². The second-order valence-corrected chi connectivity index (χ2v) is 10.8. The predicted molar refractivity (Wildman–Crippen MR) is 122 cm³/mol. The normalized spacial score (nSPS) is 22.8. The molecule has 7 nitrogen and oxygen atoms in total. The Morgan fingerprint density at radius 2 is 1.85 bits per heavy atom. The van der Waals surface area contributed by atoms with Gasteiger partial charge < -0.3 is 4.90 Å². The largest absolute Gasteiger partial charge is 0.340 e. The molecule has 0 radical (unpaired) electrons. The van der Waals surface area contributed by atoms with Gasteiger partial charge in [-0.15, -0.1) is 10.2 Å². The van der Waals surface area contributed by atoms with Crippen molar-refractivity contribution >= 4 is 17.5 Å². The summed E-state index contributed by atoms with van der Waals surface area (Å²) < 4.78 is 16.8. The molecule has 7 rings (SSSR count). The fourth-order valence-electron chi connectivity index (χ4n) is 5.95. The van der Waals surface area contributed by atoms with Crippen LogP contribution in [-0.2, 0) is 13.1 Å². The van der Waals surface area contributed by atoms with Gasteiger partial charge in [0.25, 0.3) is 0 Å². The SMILES string of the molecule is FC1(CN2Cc3cc(Cl)ccc3-n3c(nnc3C3CC4(C3)CN(c3ncccn3)C4)C2)CC1. The molecule has 170 valence electrons. The lowest BCUT2D eigenvalue weighted by atomic mass is 9.57. The highest BCUT2D eigenvalue weighted by Gasteiger charge is 2.55. The monoisotopic (exact) mass is 465 g/mol. The molecule has 0 unspecified atom stereocenters. The number of alkyl halides is 1. The van der Waals surface area contributed by atoms with Gasteiger partial charge in [0, 0.05) is 54.9 Å². The molecule has 2 aliphatic carbocycles. The van der Waals surface area contributed by atoms with E-state index in [2.05, 4.69) is 40.6 Å². The van der Waals surface area contributed by atoms with Crippen LogP contribution in [0.2, 0.25) is 5.02 Å². The van der Waals surface area contributed by atoms with Crippen molar-refractivity contribution in [3.63, 3.8) is 0 Å². The zero-order valence-electron chi connectivity index (χ0n) is 18.3. The Morgan fingerprint density at radius 3 is 2.61 bits per heavy atom. The minimum atomic E-state index is -1.05. The topological polar surface area (TPSA) is 63.0 Å². The Labute approximate surface area is 196 Å². The molecule has 3 aromatic rings. The highest BCUT2D eigenvalue weighted by Crippen LogP contribution is 2.56. The molecule has 1 aromatic carbocycles. The van der Waals surface area contributed by atoms with Gasteiger partial charge in [0.15, 0.2) is 5.82 Å². The molecular formula is C24H25ClFN7. The summed E-state index contributed by atoms with van der Waals surface area (Å²) in [5.41, 5.74) is 1.46. The number of anilines is 1. The van der Waals surface area contributed by atoms with Gasteiger partial charge >= 0.3 is 0 Å². The van der Waals surface area contributed by atoms with E-state index in [-0.39, 0.29) is 0 Å². The van der Waals surface area contributed by atoms with Crippen LogP contribution in [0.3, 0.4) is 0 Å². The summed E-state index contributed by atoms with van der Waals surface area (Å²) in [4.78, 5) is 13.2. The molecule has 0 N–H and O–H groups in total. The Hall–Kier alpha value is -2.58. The Bertz CT molecular complexity index is 1210. The molecule has 9 heteroatoms. The van der Waals surface area contributed by atoms with Crippen molar-refractivity contribution in [2.75, 3.05) is 24.5 Å². The third kappa shape index (κ3) is 3.34. The quantitative estimate of drug-likeness (QED) is 0.582. The van der Waals surface area contributed by atoms with Crippen molar-refractivity contribution in [3.8, 4) is 5.69 Å². The lowest BCUT2D eigenvalue weighted by Crippen LogP contribution is -2.62. The van der Waals surface area contributed by atoms with E-state index in [1.807, 2.05) is 18.2 Å². The Kier molecular flexibility index (Phi) is 4.19. The standard InChI is InChI=1S/C24H25ClFN7/c25-18-2-3-19-16(8-18)11-31(15-24(26)4-5-24)12-20-29-30-21(33(19)20)17-9-23(10-17)13-32(14-23)22-27-6-1-7-28-22/h1-3,6-8,17H,4-5,9-15H2. The average molecular weight is 466 g/mol. The number of aromatic nitrogens is 5. The molecule has 1 spiro atoms. The molecule has 0 bridgehead atoms. The maximum atomic E-state index is 14.6. The molecule has 4 aliphatic rings. The number of benzene rings is 1. The van der Waals surface area contributed by atoms with Crippen molar-refractivity contribution in [1.82, 2.24) is 29.6 Å². The second-order valence-electron chi connectivity index (χ2n) is 10.4. The van der Waals surface area contributed by atoms with Crippen LogP contribution in [0.25, 0.3) is 5.69 Å². The van der Waals surface area contributed by atoms with Gasteiger partial charge in [0.05, 0.1) is 12.2 Å². The number of hydrogen-bond donors (Lipinski definition) is 0. The summed E-state index contributed by atoms with van der Waals surface area (Å²) in [6.07, 6.45) is 7.08. The molecule has 0 amide bonds. The third-order valence-electron chi connectivity index (χ3n) is 7.71. The van der Waals surface area contributed by atoms with Crippen molar-refractivity contribution in [2.45, 2.75) is 50.4 Å². The highest BCUT2D eigenvalue weighted by molar-refractivity contribution is 6.30. The molecule has 0 atom stereocenters. The van der Waals surface area contributed by atoms with Gasteiger partial charge in [-0.25, -0.2) is 14.4 Å². The van der Waals surface area contributed by atoms with Gasteiger partial charge in [0.1, 0.15) is 11.5 Å². The maximum absolute atomic E-state index is 14.6. The van der Waals surface area contributed by atoms with E-state index in [1.165, 1.54) is 0 Å². The Morgan fingerprint density at radius 1 is 1.06 bits per heavy atom. The van der Waals surface area contributed by atoms with E-state index in [4.69, 9.17) is 11.6 Å². The zero-order valence-corrected chi connectivity index (χ0v) is 19.0. The van der Waals surface area contributed by atoms with Crippen molar-refractivity contribution in [2.24, 2.45) is 5.41 Å².